The third-order valence-electron chi connectivity index (χ3n) is 2.77. The molecule has 1 atom stereocenters. The van der Waals surface area contributed by atoms with Crippen LogP contribution >= 0.6 is 11.3 Å². The zero-order valence-corrected chi connectivity index (χ0v) is 10.8. The molecule has 1 aliphatic heterocycles. The summed E-state index contributed by atoms with van der Waals surface area (Å²) in [5, 5.41) is 4.91. The topological polar surface area (TPSA) is 38.3 Å². The normalized spacial score (nSPS) is 20.5. The Hall–Kier alpha value is -1.13. The summed E-state index contributed by atoms with van der Waals surface area (Å²) in [6, 6.07) is 3.98. The molecule has 0 aliphatic carbocycles. The summed E-state index contributed by atoms with van der Waals surface area (Å²) < 4.78 is 5.46. The van der Waals surface area contributed by atoms with Gasteiger partial charge in [-0.05, 0) is 37.3 Å². The van der Waals surface area contributed by atoms with E-state index in [4.69, 9.17) is 4.74 Å². The monoisotopic (exact) mass is 251 g/mol. The van der Waals surface area contributed by atoms with E-state index in [9.17, 15) is 4.79 Å². The maximum Gasteiger partial charge on any atom is 0.247 e. The van der Waals surface area contributed by atoms with E-state index >= 15 is 0 Å². The largest absolute Gasteiger partial charge is 0.376 e. The van der Waals surface area contributed by atoms with Gasteiger partial charge in [0, 0.05) is 23.6 Å². The average molecular weight is 251 g/mol. The highest BCUT2D eigenvalue weighted by Crippen LogP contribution is 2.14. The first kappa shape index (κ1) is 12.3. The molecule has 0 spiro atoms. The molecule has 92 valence electrons. The molecule has 0 radical (unpaired) electrons. The fourth-order valence-electron chi connectivity index (χ4n) is 1.80. The number of nitrogens with one attached hydrogen (secondary N) is 1. The molecule has 1 unspecified atom stereocenters. The molecule has 1 saturated heterocycles. The van der Waals surface area contributed by atoms with E-state index in [1.807, 2.05) is 30.5 Å². The summed E-state index contributed by atoms with van der Waals surface area (Å²) in [5.74, 6) is -0.00565. The number of thiophene rings is 1. The molecule has 1 aromatic heterocycles. The first-order valence-corrected chi connectivity index (χ1v) is 6.75. The van der Waals surface area contributed by atoms with Crippen molar-refractivity contribution in [2.24, 2.45) is 0 Å². The predicted octanol–water partition coefficient (Wildman–Crippen LogP) is 2.45. The standard InChI is InChI=1S/C13H17NO2S/c1-10(8-12-5-3-7-17-12)13(15)14-9-11-4-2-6-16-11/h3,5,7-8,11H,2,4,6,9H2,1H3,(H,14,15)/b10-8+. The van der Waals surface area contributed by atoms with Crippen LogP contribution in [0.15, 0.2) is 23.1 Å². The van der Waals surface area contributed by atoms with Gasteiger partial charge < -0.3 is 10.1 Å². The first-order chi connectivity index (χ1) is 8.25. The van der Waals surface area contributed by atoms with Crippen molar-refractivity contribution in [3.05, 3.63) is 28.0 Å². The van der Waals surface area contributed by atoms with Gasteiger partial charge >= 0.3 is 0 Å². The highest BCUT2D eigenvalue weighted by atomic mass is 32.1. The van der Waals surface area contributed by atoms with E-state index in [-0.39, 0.29) is 12.0 Å². The quantitative estimate of drug-likeness (QED) is 0.835. The van der Waals surface area contributed by atoms with Crippen molar-refractivity contribution in [2.75, 3.05) is 13.2 Å². The molecule has 2 heterocycles. The third-order valence-corrected chi connectivity index (χ3v) is 3.59. The van der Waals surface area contributed by atoms with Gasteiger partial charge in [-0.3, -0.25) is 4.79 Å². The van der Waals surface area contributed by atoms with Gasteiger partial charge in [-0.25, -0.2) is 0 Å². The summed E-state index contributed by atoms with van der Waals surface area (Å²) in [4.78, 5) is 12.9. The molecule has 17 heavy (non-hydrogen) atoms. The molecule has 4 heteroatoms. The second-order valence-corrected chi connectivity index (χ2v) is 5.17. The average Bonchev–Trinajstić information content (AvgIpc) is 2.98. The lowest BCUT2D eigenvalue weighted by Gasteiger charge is -2.10. The van der Waals surface area contributed by atoms with Crippen LogP contribution < -0.4 is 5.32 Å². The molecule has 1 aliphatic rings. The zero-order chi connectivity index (χ0) is 12.1. The van der Waals surface area contributed by atoms with E-state index in [2.05, 4.69) is 5.32 Å². The maximum absolute atomic E-state index is 11.8. The van der Waals surface area contributed by atoms with Crippen LogP contribution in [-0.4, -0.2) is 25.2 Å². The highest BCUT2D eigenvalue weighted by molar-refractivity contribution is 7.10. The molecule has 1 fully saturated rings. The molecule has 0 aromatic carbocycles. The van der Waals surface area contributed by atoms with Crippen LogP contribution in [0.5, 0.6) is 0 Å². The fourth-order valence-corrected chi connectivity index (χ4v) is 2.52. The van der Waals surface area contributed by atoms with Crippen molar-refractivity contribution in [1.82, 2.24) is 5.32 Å². The maximum atomic E-state index is 11.8. The lowest BCUT2D eigenvalue weighted by molar-refractivity contribution is -0.117. The number of rotatable bonds is 4. The summed E-state index contributed by atoms with van der Waals surface area (Å²) in [6.07, 6.45) is 4.27. The van der Waals surface area contributed by atoms with E-state index in [0.717, 1.165) is 29.9 Å². The van der Waals surface area contributed by atoms with Crippen molar-refractivity contribution in [3.63, 3.8) is 0 Å². The molecule has 2 rings (SSSR count). The lowest BCUT2D eigenvalue weighted by Crippen LogP contribution is -2.32. The number of carbonyl (C=O) groups is 1. The smallest absolute Gasteiger partial charge is 0.247 e. The Morgan fingerprint density at radius 3 is 3.24 bits per heavy atom. The molecule has 0 saturated carbocycles. The number of ether oxygens (including phenoxy) is 1. The minimum Gasteiger partial charge on any atom is -0.376 e. The van der Waals surface area contributed by atoms with E-state index in [1.54, 1.807) is 11.3 Å². The van der Waals surface area contributed by atoms with Crippen LogP contribution in [0.4, 0.5) is 0 Å². The lowest BCUT2D eigenvalue weighted by atomic mass is 10.2. The molecular weight excluding hydrogens is 234 g/mol. The summed E-state index contributed by atoms with van der Waals surface area (Å²) in [7, 11) is 0. The van der Waals surface area contributed by atoms with Crippen molar-refractivity contribution in [2.45, 2.75) is 25.9 Å². The van der Waals surface area contributed by atoms with Gasteiger partial charge in [0.05, 0.1) is 6.10 Å². The van der Waals surface area contributed by atoms with Gasteiger partial charge in [-0.2, -0.15) is 0 Å². The van der Waals surface area contributed by atoms with Gasteiger partial charge in [-0.1, -0.05) is 6.07 Å². The Kier molecular flexibility index (Phi) is 4.34. The Morgan fingerprint density at radius 1 is 1.71 bits per heavy atom. The van der Waals surface area contributed by atoms with E-state index in [0.29, 0.717) is 6.54 Å². The molecule has 1 amide bonds. The molecule has 3 nitrogen and oxygen atoms in total. The number of carbonyl (C=O) groups excluding carboxylic acids is 1. The second-order valence-electron chi connectivity index (χ2n) is 4.19. The van der Waals surface area contributed by atoms with Crippen LogP contribution in [0.25, 0.3) is 6.08 Å². The minimum absolute atomic E-state index is 0.00565. The molecule has 1 aromatic rings. The SMILES string of the molecule is C/C(=C\c1cccs1)C(=O)NCC1CCCO1. The molecule has 0 bridgehead atoms. The van der Waals surface area contributed by atoms with Crippen molar-refractivity contribution in [3.8, 4) is 0 Å². The van der Waals surface area contributed by atoms with Crippen molar-refractivity contribution < 1.29 is 9.53 Å². The van der Waals surface area contributed by atoms with Crippen LogP contribution in [0.2, 0.25) is 0 Å². The summed E-state index contributed by atoms with van der Waals surface area (Å²) in [5.41, 5.74) is 0.741. The van der Waals surface area contributed by atoms with E-state index < -0.39 is 0 Å². The number of amides is 1. The Labute approximate surface area is 105 Å². The van der Waals surface area contributed by atoms with E-state index in [1.165, 1.54) is 0 Å². The predicted molar refractivity (Wildman–Crippen MR) is 70.0 cm³/mol. The Balaban J connectivity index is 1.82. The van der Waals surface area contributed by atoms with Gasteiger partial charge in [-0.15, -0.1) is 11.3 Å². The zero-order valence-electron chi connectivity index (χ0n) is 9.94. The third kappa shape index (κ3) is 3.68. The number of hydrogen-bond donors (Lipinski definition) is 1. The fraction of sp³-hybridized carbons (Fsp3) is 0.462. The Bertz CT molecular complexity index is 392. The second kappa shape index (κ2) is 5.98. The molecule has 1 N–H and O–H groups in total. The van der Waals surface area contributed by atoms with Crippen molar-refractivity contribution >= 4 is 23.3 Å². The first-order valence-electron chi connectivity index (χ1n) is 5.87. The van der Waals surface area contributed by atoms with Crippen LogP contribution in [0.3, 0.4) is 0 Å². The van der Waals surface area contributed by atoms with Gasteiger partial charge in [0.15, 0.2) is 0 Å². The van der Waals surface area contributed by atoms with Crippen LogP contribution in [0.1, 0.15) is 24.6 Å². The summed E-state index contributed by atoms with van der Waals surface area (Å²) >= 11 is 1.63. The van der Waals surface area contributed by atoms with Gasteiger partial charge in [0.2, 0.25) is 5.91 Å². The van der Waals surface area contributed by atoms with Gasteiger partial charge in [0.25, 0.3) is 0 Å². The van der Waals surface area contributed by atoms with Crippen molar-refractivity contribution in [1.29, 1.82) is 0 Å². The highest BCUT2D eigenvalue weighted by Gasteiger charge is 2.16. The van der Waals surface area contributed by atoms with Crippen LogP contribution in [0, 0.1) is 0 Å². The molecular formula is C13H17NO2S. The number of hydrogen-bond acceptors (Lipinski definition) is 3. The van der Waals surface area contributed by atoms with Crippen LogP contribution in [-0.2, 0) is 9.53 Å². The van der Waals surface area contributed by atoms with Gasteiger partial charge in [0.1, 0.15) is 0 Å². The minimum atomic E-state index is -0.00565. The Morgan fingerprint density at radius 2 is 2.59 bits per heavy atom. The summed E-state index contributed by atoms with van der Waals surface area (Å²) in [6.45, 7) is 3.28.